The van der Waals surface area contributed by atoms with Crippen molar-refractivity contribution in [3.63, 3.8) is 0 Å². The Bertz CT molecular complexity index is 654. The minimum Gasteiger partial charge on any atom is -0.372 e. The van der Waals surface area contributed by atoms with Crippen LogP contribution in [0.25, 0.3) is 10.9 Å². The van der Waals surface area contributed by atoms with Crippen molar-refractivity contribution in [2.45, 2.75) is 0 Å². The van der Waals surface area contributed by atoms with Gasteiger partial charge >= 0.3 is 11.4 Å². The average Bonchev–Trinajstić information content (AvgIpc) is 2.16. The summed E-state index contributed by atoms with van der Waals surface area (Å²) >= 11 is 0. The molecular weight excluding hydrogens is 204 g/mol. The predicted molar refractivity (Wildman–Crippen MR) is 49.8 cm³/mol. The summed E-state index contributed by atoms with van der Waals surface area (Å²) in [5.41, 5.74) is -1.32. The van der Waals surface area contributed by atoms with Gasteiger partial charge in [0.05, 0.1) is 10.4 Å². The second-order valence-corrected chi connectivity index (χ2v) is 2.76. The van der Waals surface area contributed by atoms with Gasteiger partial charge in [0, 0.05) is 6.07 Å². The molecule has 1 aromatic carbocycles. The lowest BCUT2D eigenvalue weighted by Crippen LogP contribution is -2.15. The number of fused-ring (bicyclic) bond motifs is 1. The zero-order chi connectivity index (χ0) is 11.0. The molecule has 7 heteroatoms. The van der Waals surface area contributed by atoms with Gasteiger partial charge in [-0.05, 0) is 6.07 Å². The van der Waals surface area contributed by atoms with Crippen LogP contribution in [0.1, 0.15) is 0 Å². The van der Waals surface area contributed by atoms with E-state index in [9.17, 15) is 19.7 Å². The number of aromatic amines is 1. The number of nitro benzene ring substituents is 1. The van der Waals surface area contributed by atoms with E-state index in [0.29, 0.717) is 0 Å². The van der Waals surface area contributed by atoms with Crippen molar-refractivity contribution in [1.82, 2.24) is 4.98 Å². The Morgan fingerprint density at radius 2 is 2.07 bits per heavy atom. The fourth-order valence-electron chi connectivity index (χ4n) is 1.28. The predicted octanol–water partition coefficient (Wildman–Crippen LogP) is 0.389. The molecule has 0 spiro atoms. The van der Waals surface area contributed by atoms with E-state index < -0.39 is 22.0 Å². The molecule has 1 N–H and O–H groups in total. The smallest absolute Gasteiger partial charge is 0.372 e. The monoisotopic (exact) mass is 208 g/mol. The van der Waals surface area contributed by atoms with Crippen molar-refractivity contribution >= 4 is 16.6 Å². The highest BCUT2D eigenvalue weighted by atomic mass is 16.6. The van der Waals surface area contributed by atoms with Gasteiger partial charge in [-0.25, -0.2) is 9.59 Å². The molecule has 0 unspecified atom stereocenters. The van der Waals surface area contributed by atoms with E-state index in [1.54, 1.807) is 0 Å². The average molecular weight is 208 g/mol. The second kappa shape index (κ2) is 3.05. The number of hydrogen-bond donors (Lipinski definition) is 1. The zero-order valence-electron chi connectivity index (χ0n) is 7.22. The number of aromatic nitrogens is 1. The third-order valence-electron chi connectivity index (χ3n) is 1.87. The number of nitrogens with one attached hydrogen (secondary N) is 1. The highest BCUT2D eigenvalue weighted by molar-refractivity contribution is 5.86. The summed E-state index contributed by atoms with van der Waals surface area (Å²) in [6.07, 6.45) is 0. The molecule has 0 radical (unpaired) electrons. The van der Waals surface area contributed by atoms with E-state index >= 15 is 0 Å². The SMILES string of the molecule is O=c1[nH]c2cccc([N+](=O)[O-])c2c(=O)o1. The van der Waals surface area contributed by atoms with Crippen molar-refractivity contribution in [1.29, 1.82) is 0 Å². The summed E-state index contributed by atoms with van der Waals surface area (Å²) in [4.78, 5) is 34.1. The number of H-pyrrole nitrogens is 1. The van der Waals surface area contributed by atoms with E-state index in [1.165, 1.54) is 12.1 Å². The van der Waals surface area contributed by atoms with Crippen LogP contribution in [-0.4, -0.2) is 9.91 Å². The van der Waals surface area contributed by atoms with Gasteiger partial charge in [-0.1, -0.05) is 6.07 Å². The molecule has 0 aliphatic carbocycles. The molecule has 0 aliphatic rings. The van der Waals surface area contributed by atoms with E-state index in [-0.39, 0.29) is 10.9 Å². The number of hydrogen-bond acceptors (Lipinski definition) is 5. The van der Waals surface area contributed by atoms with Crippen LogP contribution in [0.5, 0.6) is 0 Å². The van der Waals surface area contributed by atoms with Crippen LogP contribution in [0.15, 0.2) is 32.2 Å². The third kappa shape index (κ3) is 1.39. The van der Waals surface area contributed by atoms with E-state index in [4.69, 9.17) is 0 Å². The normalized spacial score (nSPS) is 10.4. The van der Waals surface area contributed by atoms with Crippen LogP contribution in [0.2, 0.25) is 0 Å². The first kappa shape index (κ1) is 9.13. The fraction of sp³-hybridized carbons (Fsp3) is 0. The van der Waals surface area contributed by atoms with Crippen molar-refractivity contribution in [3.8, 4) is 0 Å². The van der Waals surface area contributed by atoms with Crippen LogP contribution in [0, 0.1) is 10.1 Å². The molecule has 0 aliphatic heterocycles. The quantitative estimate of drug-likeness (QED) is 0.538. The standard InChI is InChI=1S/C8H4N2O5/c11-7-6-4(9-8(12)15-7)2-1-3-5(6)10(13)14/h1-3H,(H,9,12). The molecule has 0 atom stereocenters. The lowest BCUT2D eigenvalue weighted by Gasteiger charge is -1.95. The minimum absolute atomic E-state index is 0.0884. The number of nitro groups is 1. The van der Waals surface area contributed by atoms with Crippen molar-refractivity contribution in [2.24, 2.45) is 0 Å². The van der Waals surface area contributed by atoms with Crippen LogP contribution in [0.3, 0.4) is 0 Å². The lowest BCUT2D eigenvalue weighted by atomic mass is 10.2. The first-order chi connectivity index (χ1) is 7.09. The second-order valence-electron chi connectivity index (χ2n) is 2.76. The topological polar surface area (TPSA) is 106 Å². The van der Waals surface area contributed by atoms with Gasteiger partial charge in [0.15, 0.2) is 5.39 Å². The summed E-state index contributed by atoms with van der Waals surface area (Å²) < 4.78 is 4.21. The third-order valence-corrected chi connectivity index (χ3v) is 1.87. The summed E-state index contributed by atoms with van der Waals surface area (Å²) in [5.74, 6) is -0.937. The summed E-state index contributed by atoms with van der Waals surface area (Å²) in [6.45, 7) is 0. The maximum Gasteiger partial charge on any atom is 0.419 e. The Morgan fingerprint density at radius 1 is 1.33 bits per heavy atom. The molecule has 0 fully saturated rings. The Balaban J connectivity index is 3.05. The van der Waals surface area contributed by atoms with Crippen LogP contribution in [-0.2, 0) is 0 Å². The van der Waals surface area contributed by atoms with Gasteiger partial charge in [0.25, 0.3) is 5.69 Å². The summed E-state index contributed by atoms with van der Waals surface area (Å²) in [7, 11) is 0. The molecule has 0 amide bonds. The first-order valence-corrected chi connectivity index (χ1v) is 3.90. The molecule has 2 rings (SSSR count). The maximum atomic E-state index is 11.2. The highest BCUT2D eigenvalue weighted by Gasteiger charge is 2.16. The van der Waals surface area contributed by atoms with Crippen molar-refractivity contribution < 1.29 is 9.34 Å². The summed E-state index contributed by atoms with van der Waals surface area (Å²) in [5, 5.41) is 10.4. The molecule has 7 nitrogen and oxygen atoms in total. The minimum atomic E-state index is -1.01. The van der Waals surface area contributed by atoms with Crippen LogP contribution in [0.4, 0.5) is 5.69 Å². The van der Waals surface area contributed by atoms with Gasteiger partial charge < -0.3 is 4.42 Å². The van der Waals surface area contributed by atoms with Crippen molar-refractivity contribution in [2.75, 3.05) is 0 Å². The van der Waals surface area contributed by atoms with Crippen LogP contribution >= 0.6 is 0 Å². The Labute approximate surface area is 81.1 Å². The number of rotatable bonds is 1. The zero-order valence-corrected chi connectivity index (χ0v) is 7.22. The molecule has 1 aromatic heterocycles. The first-order valence-electron chi connectivity index (χ1n) is 3.90. The maximum absolute atomic E-state index is 11.2. The van der Waals surface area contributed by atoms with Gasteiger partial charge in [-0.15, -0.1) is 0 Å². The molecule has 0 saturated heterocycles. The van der Waals surface area contributed by atoms with E-state index in [0.717, 1.165) is 6.07 Å². The number of nitrogens with zero attached hydrogens (tertiary/aromatic N) is 1. The molecule has 0 bridgehead atoms. The van der Waals surface area contributed by atoms with Gasteiger partial charge in [-0.2, -0.15) is 0 Å². The van der Waals surface area contributed by atoms with E-state index in [1.807, 2.05) is 0 Å². The molecule has 0 saturated carbocycles. The Hall–Kier alpha value is -2.44. The number of non-ortho nitro benzene ring substituents is 1. The molecule has 76 valence electrons. The Morgan fingerprint density at radius 3 is 2.73 bits per heavy atom. The van der Waals surface area contributed by atoms with Gasteiger partial charge in [-0.3, -0.25) is 15.1 Å². The molecule has 15 heavy (non-hydrogen) atoms. The fourth-order valence-corrected chi connectivity index (χ4v) is 1.28. The van der Waals surface area contributed by atoms with Crippen molar-refractivity contribution in [3.05, 3.63) is 49.3 Å². The largest absolute Gasteiger partial charge is 0.419 e. The van der Waals surface area contributed by atoms with Gasteiger partial charge in [0.1, 0.15) is 0 Å². The molecule has 1 heterocycles. The molecule has 2 aromatic rings. The van der Waals surface area contributed by atoms with Gasteiger partial charge in [0.2, 0.25) is 0 Å². The summed E-state index contributed by atoms with van der Waals surface area (Å²) in [6, 6.07) is 3.92. The number of benzene rings is 1. The Kier molecular flexibility index (Phi) is 1.86. The molecular formula is C8H4N2O5. The van der Waals surface area contributed by atoms with Crippen LogP contribution < -0.4 is 11.4 Å². The van der Waals surface area contributed by atoms with E-state index in [2.05, 4.69) is 9.40 Å². The highest BCUT2D eigenvalue weighted by Crippen LogP contribution is 2.19. The lowest BCUT2D eigenvalue weighted by molar-refractivity contribution is -0.383.